The van der Waals surface area contributed by atoms with E-state index in [1.807, 2.05) is 19.1 Å². The first-order chi connectivity index (χ1) is 16.9. The van der Waals surface area contributed by atoms with Crippen molar-refractivity contribution in [3.05, 3.63) is 53.1 Å². The summed E-state index contributed by atoms with van der Waals surface area (Å²) < 4.78 is 5.75. The van der Waals surface area contributed by atoms with E-state index >= 15 is 0 Å². The van der Waals surface area contributed by atoms with Gasteiger partial charge in [-0.05, 0) is 97.3 Å². The van der Waals surface area contributed by atoms with E-state index in [1.54, 1.807) is 12.1 Å². The fourth-order valence-electron chi connectivity index (χ4n) is 9.01. The number of cyclic esters (lactones) is 1. The lowest BCUT2D eigenvalue weighted by molar-refractivity contribution is -0.188. The number of carbonyl (C=O) groups excluding carboxylic acids is 2. The van der Waals surface area contributed by atoms with E-state index in [9.17, 15) is 9.59 Å². The number of fused-ring (bicyclic) bond motifs is 4. The average molecular weight is 510 g/mol. The fraction of sp³-hybridized carbons (Fsp3) is 0.613. The molecular weight excluding hydrogens is 470 g/mol. The Morgan fingerprint density at radius 3 is 2.47 bits per heavy atom. The lowest BCUT2D eigenvalue weighted by atomic mass is 9.36. The number of amides is 1. The van der Waals surface area contributed by atoms with E-state index in [2.05, 4.69) is 51.2 Å². The molecular formula is C31H40ClNO3. The zero-order chi connectivity index (χ0) is 25.9. The van der Waals surface area contributed by atoms with Crippen LogP contribution in [0.15, 0.2) is 48.1 Å². The Labute approximate surface area is 220 Å². The summed E-state index contributed by atoms with van der Waals surface area (Å²) in [5.41, 5.74) is 1.53. The molecule has 3 fully saturated rings. The van der Waals surface area contributed by atoms with Crippen molar-refractivity contribution in [3.8, 4) is 0 Å². The number of hydrogen-bond acceptors (Lipinski definition) is 3. The Morgan fingerprint density at radius 2 is 1.81 bits per heavy atom. The second kappa shape index (κ2) is 8.75. The number of allylic oxidation sites excluding steroid dienone is 3. The summed E-state index contributed by atoms with van der Waals surface area (Å²) in [5.74, 6) is 1.10. The Morgan fingerprint density at radius 1 is 1.08 bits per heavy atom. The van der Waals surface area contributed by atoms with Gasteiger partial charge in [-0.1, -0.05) is 57.5 Å². The summed E-state index contributed by atoms with van der Waals surface area (Å²) in [5, 5.41) is 3.63. The monoisotopic (exact) mass is 509 g/mol. The van der Waals surface area contributed by atoms with E-state index < -0.39 is 0 Å². The third-order valence-corrected chi connectivity index (χ3v) is 11.0. The zero-order valence-electron chi connectivity index (χ0n) is 22.3. The number of nitrogens with one attached hydrogen (secondary N) is 1. The largest absolute Gasteiger partial charge is 0.465 e. The third kappa shape index (κ3) is 3.86. The summed E-state index contributed by atoms with van der Waals surface area (Å²) in [7, 11) is 0. The van der Waals surface area contributed by atoms with E-state index in [0.717, 1.165) is 31.4 Å². The first-order valence-corrected chi connectivity index (χ1v) is 13.9. The minimum absolute atomic E-state index is 0.0159. The second-order valence-corrected chi connectivity index (χ2v) is 13.4. The van der Waals surface area contributed by atoms with Crippen molar-refractivity contribution in [2.24, 2.45) is 39.4 Å². The molecule has 36 heavy (non-hydrogen) atoms. The molecule has 5 rings (SSSR count). The van der Waals surface area contributed by atoms with Crippen molar-refractivity contribution in [3.63, 3.8) is 0 Å². The van der Waals surface area contributed by atoms with Crippen LogP contribution < -0.4 is 5.32 Å². The smallest absolute Gasteiger partial charge is 0.306 e. The molecule has 2 saturated carbocycles. The molecule has 0 bridgehead atoms. The molecule has 1 spiro atoms. The van der Waals surface area contributed by atoms with E-state index in [-0.39, 0.29) is 39.5 Å². The van der Waals surface area contributed by atoms with Crippen LogP contribution in [-0.2, 0) is 14.3 Å². The molecule has 4 aliphatic rings. The van der Waals surface area contributed by atoms with Gasteiger partial charge in [0.05, 0.1) is 13.0 Å². The lowest BCUT2D eigenvalue weighted by Gasteiger charge is -2.68. The number of halogens is 1. The van der Waals surface area contributed by atoms with Crippen molar-refractivity contribution in [2.45, 2.75) is 73.1 Å². The van der Waals surface area contributed by atoms with E-state index in [4.69, 9.17) is 16.3 Å². The molecule has 0 aromatic heterocycles. The van der Waals surface area contributed by atoms with Crippen LogP contribution in [0.25, 0.3) is 0 Å². The Balaban J connectivity index is 1.47. The predicted octanol–water partition coefficient (Wildman–Crippen LogP) is 7.59. The summed E-state index contributed by atoms with van der Waals surface area (Å²) in [6, 6.07) is 7.16. The summed E-state index contributed by atoms with van der Waals surface area (Å²) in [6.45, 7) is 12.1. The maximum absolute atomic E-state index is 13.1. The Hall–Kier alpha value is -2.07. The predicted molar refractivity (Wildman–Crippen MR) is 145 cm³/mol. The van der Waals surface area contributed by atoms with Gasteiger partial charge < -0.3 is 10.1 Å². The number of ether oxygens (including phenoxy) is 1. The molecule has 6 atom stereocenters. The van der Waals surface area contributed by atoms with Crippen molar-refractivity contribution in [1.29, 1.82) is 0 Å². The lowest BCUT2D eigenvalue weighted by Crippen LogP contribution is -2.63. The highest BCUT2D eigenvalue weighted by atomic mass is 35.5. The fourth-order valence-corrected chi connectivity index (χ4v) is 9.13. The molecule has 1 aliphatic heterocycles. The van der Waals surface area contributed by atoms with Crippen molar-refractivity contribution >= 4 is 29.2 Å². The van der Waals surface area contributed by atoms with Gasteiger partial charge in [0.1, 0.15) is 0 Å². The molecule has 1 unspecified atom stereocenters. The molecule has 4 nitrogen and oxygen atoms in total. The summed E-state index contributed by atoms with van der Waals surface area (Å²) >= 11 is 5.99. The Bertz CT molecular complexity index is 1120. The van der Waals surface area contributed by atoms with Crippen LogP contribution in [0.4, 0.5) is 5.69 Å². The first kappa shape index (κ1) is 25.6. The molecule has 1 N–H and O–H groups in total. The van der Waals surface area contributed by atoms with Crippen LogP contribution in [0.5, 0.6) is 0 Å². The normalized spacial score (nSPS) is 39.3. The van der Waals surface area contributed by atoms with Crippen LogP contribution in [0.1, 0.15) is 73.1 Å². The second-order valence-electron chi connectivity index (χ2n) is 13.0. The minimum atomic E-state index is -0.270. The maximum Gasteiger partial charge on any atom is 0.306 e. The van der Waals surface area contributed by atoms with Gasteiger partial charge >= 0.3 is 5.97 Å². The van der Waals surface area contributed by atoms with Crippen molar-refractivity contribution in [2.75, 3.05) is 11.9 Å². The number of anilines is 1. The molecule has 3 aliphatic carbocycles. The molecule has 194 valence electrons. The molecule has 1 aromatic carbocycles. The van der Waals surface area contributed by atoms with Crippen molar-refractivity contribution < 1.29 is 14.3 Å². The van der Waals surface area contributed by atoms with Gasteiger partial charge in [-0.2, -0.15) is 0 Å². The van der Waals surface area contributed by atoms with Crippen LogP contribution in [-0.4, -0.2) is 18.5 Å². The highest BCUT2D eigenvalue weighted by molar-refractivity contribution is 6.30. The number of rotatable bonds is 3. The molecule has 1 amide bonds. The summed E-state index contributed by atoms with van der Waals surface area (Å²) in [4.78, 5) is 25.8. The van der Waals surface area contributed by atoms with Gasteiger partial charge in [0, 0.05) is 21.7 Å². The number of hydrogen-bond donors (Lipinski definition) is 1. The molecule has 0 radical (unpaired) electrons. The van der Waals surface area contributed by atoms with E-state index in [1.165, 1.54) is 6.42 Å². The van der Waals surface area contributed by atoms with Gasteiger partial charge in [0.25, 0.3) is 5.91 Å². The quantitative estimate of drug-likeness (QED) is 0.259. The SMILES string of the molecule is C/C(=C\[C@H]1CC[C@@H]2[C@@]3(C)CC=CC(C)(C)C3CC[C@@]2(C)[C@@]12COC(=O)C2)C(=O)Nc1ccc(Cl)cc1. The van der Waals surface area contributed by atoms with Crippen LogP contribution in [0.2, 0.25) is 5.02 Å². The van der Waals surface area contributed by atoms with Crippen molar-refractivity contribution in [1.82, 2.24) is 0 Å². The average Bonchev–Trinajstić information content (AvgIpc) is 3.20. The van der Waals surface area contributed by atoms with Crippen LogP contribution in [0, 0.1) is 39.4 Å². The molecule has 1 aromatic rings. The van der Waals surface area contributed by atoms with Crippen LogP contribution in [0.3, 0.4) is 0 Å². The van der Waals surface area contributed by atoms with E-state index in [0.29, 0.717) is 35.5 Å². The Kier molecular flexibility index (Phi) is 6.22. The zero-order valence-corrected chi connectivity index (χ0v) is 23.1. The first-order valence-electron chi connectivity index (χ1n) is 13.5. The molecule has 1 saturated heterocycles. The summed E-state index contributed by atoms with van der Waals surface area (Å²) in [6.07, 6.45) is 12.9. The number of carbonyl (C=O) groups is 2. The number of esters is 1. The van der Waals surface area contributed by atoms with Gasteiger partial charge in [-0.15, -0.1) is 0 Å². The number of benzene rings is 1. The third-order valence-electron chi connectivity index (χ3n) is 10.8. The highest BCUT2D eigenvalue weighted by Crippen LogP contribution is 2.73. The van der Waals surface area contributed by atoms with Gasteiger partial charge in [-0.25, -0.2) is 0 Å². The van der Waals surface area contributed by atoms with Gasteiger partial charge in [0.2, 0.25) is 0 Å². The molecule has 1 heterocycles. The van der Waals surface area contributed by atoms with Crippen LogP contribution >= 0.6 is 11.6 Å². The van der Waals surface area contributed by atoms with Gasteiger partial charge in [-0.3, -0.25) is 9.59 Å². The minimum Gasteiger partial charge on any atom is -0.465 e. The topological polar surface area (TPSA) is 55.4 Å². The maximum atomic E-state index is 13.1. The molecule has 5 heteroatoms. The van der Waals surface area contributed by atoms with Gasteiger partial charge in [0.15, 0.2) is 0 Å². The standard InChI is InChI=1S/C31H40ClNO3/c1-20(27(35)33-23-10-8-22(32)9-11-23)17-21-7-12-25-29(4)15-6-14-28(2,3)24(29)13-16-30(25,5)31(21)18-26(34)36-19-31/h6,8-11,14,17,21,24-25H,7,12-13,15-16,18-19H2,1-5H3,(H,33,35)/b20-17+/t21-,24?,25-,29+,30-,31+/m1/s1. The highest BCUT2D eigenvalue weighted by Gasteiger charge is 2.68.